The zero-order chi connectivity index (χ0) is 30.6. The fraction of sp³-hybridized carbons (Fsp3) is 0.371. The summed E-state index contributed by atoms with van der Waals surface area (Å²) in [5, 5.41) is 15.0. The van der Waals surface area contributed by atoms with E-state index < -0.39 is 11.9 Å². The Bertz CT molecular complexity index is 1520. The molecule has 4 rings (SSSR count). The smallest absolute Gasteiger partial charge is 0.384 e. The van der Waals surface area contributed by atoms with Gasteiger partial charge in [-0.15, -0.1) is 0 Å². The summed E-state index contributed by atoms with van der Waals surface area (Å²) in [5.41, 5.74) is 4.97. The summed E-state index contributed by atoms with van der Waals surface area (Å²) in [4.78, 5) is 33.5. The van der Waals surface area contributed by atoms with Gasteiger partial charge in [-0.1, -0.05) is 97.8 Å². The van der Waals surface area contributed by atoms with Crippen LogP contribution < -0.4 is 5.76 Å². The van der Waals surface area contributed by atoms with Crippen molar-refractivity contribution in [2.24, 2.45) is 4.99 Å². The van der Waals surface area contributed by atoms with Crippen molar-refractivity contribution in [1.29, 1.82) is 0 Å². The summed E-state index contributed by atoms with van der Waals surface area (Å²) in [5.74, 6) is 0.808. The maximum atomic E-state index is 12.1. The van der Waals surface area contributed by atoms with Gasteiger partial charge >= 0.3 is 5.76 Å². The Morgan fingerprint density at radius 2 is 2.00 bits per heavy atom. The molecule has 3 aliphatic rings. The molecule has 8 nitrogen and oxygen atoms in total. The number of aliphatic hydroxyl groups is 1. The van der Waals surface area contributed by atoms with Gasteiger partial charge in [0.25, 0.3) is 0 Å². The Kier molecular flexibility index (Phi) is 11.6. The highest BCUT2D eigenvalue weighted by Crippen LogP contribution is 2.35. The summed E-state index contributed by atoms with van der Waals surface area (Å²) in [6.07, 6.45) is 30.0. The van der Waals surface area contributed by atoms with Crippen LogP contribution in [0.5, 0.6) is 0 Å². The molecule has 0 aliphatic heterocycles. The molecular formula is C35H42N4O4. The molecule has 0 saturated heterocycles. The lowest BCUT2D eigenvalue weighted by molar-refractivity contribution is -0.105. The van der Waals surface area contributed by atoms with Crippen molar-refractivity contribution in [3.63, 3.8) is 0 Å². The van der Waals surface area contributed by atoms with Crippen molar-refractivity contribution in [3.8, 4) is 0 Å². The molecule has 226 valence electrons. The van der Waals surface area contributed by atoms with Gasteiger partial charge in [-0.3, -0.25) is 14.3 Å². The number of rotatable bonds is 12. The van der Waals surface area contributed by atoms with Gasteiger partial charge in [0.1, 0.15) is 11.9 Å². The number of likely N-dealkylation sites (N-methyl/N-ethyl adjacent to an activating group) is 1. The molecule has 0 radical (unpaired) electrons. The SMILES string of the molecule is CCCCCC(=N/C(C)=C(\C=O)C(O)C1=CC=CC=CC1)N(C)CC1=CC=C(C2=CC=CCC2c2noc(=O)[nH]2)CC=C1. The molecule has 0 saturated carbocycles. The average Bonchev–Trinajstić information content (AvgIpc) is 3.18. The fourth-order valence-corrected chi connectivity index (χ4v) is 5.43. The predicted octanol–water partition coefficient (Wildman–Crippen LogP) is 6.33. The van der Waals surface area contributed by atoms with E-state index in [1.54, 1.807) is 6.92 Å². The number of aldehydes is 1. The van der Waals surface area contributed by atoms with Crippen LogP contribution in [-0.2, 0) is 4.79 Å². The van der Waals surface area contributed by atoms with Gasteiger partial charge in [-0.05, 0) is 54.9 Å². The van der Waals surface area contributed by atoms with E-state index in [1.165, 1.54) is 0 Å². The first-order chi connectivity index (χ1) is 20.9. The topological polar surface area (TPSA) is 112 Å². The predicted molar refractivity (Wildman–Crippen MR) is 172 cm³/mol. The van der Waals surface area contributed by atoms with E-state index in [0.29, 0.717) is 24.5 Å². The van der Waals surface area contributed by atoms with Crippen LogP contribution in [0.2, 0.25) is 0 Å². The number of aromatic nitrogens is 2. The van der Waals surface area contributed by atoms with Crippen molar-refractivity contribution in [2.45, 2.75) is 70.8 Å². The molecular weight excluding hydrogens is 540 g/mol. The number of H-pyrrole nitrogens is 1. The molecule has 1 aromatic heterocycles. The van der Waals surface area contributed by atoms with Crippen LogP contribution in [0.1, 0.15) is 70.5 Å². The monoisotopic (exact) mass is 582 g/mol. The second-order valence-electron chi connectivity index (χ2n) is 11.0. The minimum Gasteiger partial charge on any atom is -0.384 e. The number of nitrogens with zero attached hydrogens (tertiary/aromatic N) is 3. The minimum absolute atomic E-state index is 0.0658. The number of aromatic amines is 1. The van der Waals surface area contributed by atoms with Crippen LogP contribution >= 0.6 is 0 Å². The third kappa shape index (κ3) is 8.61. The normalized spacial score (nSPS) is 19.9. The summed E-state index contributed by atoms with van der Waals surface area (Å²) in [6, 6.07) is 0. The van der Waals surface area contributed by atoms with Crippen molar-refractivity contribution in [1.82, 2.24) is 15.0 Å². The quantitative estimate of drug-likeness (QED) is 0.0979. The lowest BCUT2D eigenvalue weighted by atomic mass is 9.84. The van der Waals surface area contributed by atoms with Crippen LogP contribution in [-0.4, -0.2) is 52.0 Å². The second kappa shape index (κ2) is 15.8. The van der Waals surface area contributed by atoms with Gasteiger partial charge in [0, 0.05) is 37.2 Å². The maximum Gasteiger partial charge on any atom is 0.438 e. The van der Waals surface area contributed by atoms with Crippen molar-refractivity contribution >= 4 is 12.1 Å². The van der Waals surface area contributed by atoms with Crippen molar-refractivity contribution in [2.75, 3.05) is 13.6 Å². The van der Waals surface area contributed by atoms with Crippen LogP contribution in [0.15, 0.2) is 121 Å². The number of hydrogen-bond donors (Lipinski definition) is 2. The minimum atomic E-state index is -1.00. The molecule has 8 heteroatoms. The molecule has 0 spiro atoms. The third-order valence-electron chi connectivity index (χ3n) is 7.86. The third-order valence-corrected chi connectivity index (χ3v) is 7.86. The Morgan fingerprint density at radius 3 is 2.77 bits per heavy atom. The Morgan fingerprint density at radius 1 is 1.14 bits per heavy atom. The molecule has 43 heavy (non-hydrogen) atoms. The largest absolute Gasteiger partial charge is 0.438 e. The number of hydrogen-bond acceptors (Lipinski definition) is 6. The summed E-state index contributed by atoms with van der Waals surface area (Å²) >= 11 is 0. The molecule has 0 amide bonds. The van der Waals surface area contributed by atoms with E-state index in [4.69, 9.17) is 9.52 Å². The zero-order valence-electron chi connectivity index (χ0n) is 25.3. The first-order valence-electron chi connectivity index (χ1n) is 15.1. The standard InChI is InChI=1S/C35H42N4O4/c1-4-5-8-20-32(36-25(2)31(24-40)33(41)28-15-9-6-7-10-16-28)39(3)23-26-14-13-17-27(22-21-26)29-18-11-12-19-30(29)34-37-35(42)43-38-34/h6-7,9-15,18,21-22,24,30,33,41H,4-5,8,16-17,19-20,23H2,1-3H3,(H,37,38,42)/b31-25+,36-32?. The molecule has 3 aliphatic carbocycles. The first-order valence-corrected chi connectivity index (χ1v) is 15.1. The molecule has 2 N–H and O–H groups in total. The van der Waals surface area contributed by atoms with Gasteiger partial charge in [0.15, 0.2) is 12.1 Å². The number of carbonyl (C=O) groups is 1. The van der Waals surface area contributed by atoms with Gasteiger partial charge in [0.2, 0.25) is 0 Å². The number of unbranched alkanes of at least 4 members (excludes halogenated alkanes) is 2. The van der Waals surface area contributed by atoms with Crippen LogP contribution in [0.25, 0.3) is 0 Å². The van der Waals surface area contributed by atoms with Gasteiger partial charge in [0.05, 0.1) is 0 Å². The summed E-state index contributed by atoms with van der Waals surface area (Å²) in [7, 11) is 2.02. The second-order valence-corrected chi connectivity index (χ2v) is 11.0. The summed E-state index contributed by atoms with van der Waals surface area (Å²) in [6.45, 7) is 4.61. The number of amidine groups is 1. The molecule has 0 bridgehead atoms. The number of allylic oxidation sites excluding steroid dienone is 14. The highest BCUT2D eigenvalue weighted by atomic mass is 16.5. The van der Waals surface area contributed by atoms with Gasteiger partial charge < -0.3 is 10.0 Å². The van der Waals surface area contributed by atoms with E-state index in [-0.39, 0.29) is 11.5 Å². The number of nitrogens with one attached hydrogen (secondary N) is 1. The van der Waals surface area contributed by atoms with E-state index in [2.05, 4.69) is 58.4 Å². The fourth-order valence-electron chi connectivity index (χ4n) is 5.43. The Balaban J connectivity index is 1.56. The van der Waals surface area contributed by atoms with Gasteiger partial charge in [-0.25, -0.2) is 9.79 Å². The average molecular weight is 583 g/mol. The van der Waals surface area contributed by atoms with E-state index >= 15 is 0 Å². The van der Waals surface area contributed by atoms with E-state index in [9.17, 15) is 14.7 Å². The van der Waals surface area contributed by atoms with Crippen molar-refractivity contribution < 1.29 is 14.4 Å². The Labute approximate surface area is 253 Å². The molecule has 1 heterocycles. The zero-order valence-corrected chi connectivity index (χ0v) is 25.3. The molecule has 2 atom stereocenters. The number of aliphatic hydroxyl groups excluding tert-OH is 1. The molecule has 0 fully saturated rings. The molecule has 2 unspecified atom stereocenters. The molecule has 0 aromatic carbocycles. The Hall–Kier alpha value is -4.30. The number of carbonyl (C=O) groups excluding carboxylic acids is 1. The number of aliphatic imine (C=N–C) groups is 1. The van der Waals surface area contributed by atoms with Crippen molar-refractivity contribution in [3.05, 3.63) is 123 Å². The van der Waals surface area contributed by atoms with E-state index in [1.807, 2.05) is 43.5 Å². The highest BCUT2D eigenvalue weighted by molar-refractivity contribution is 5.85. The van der Waals surface area contributed by atoms with E-state index in [0.717, 1.165) is 72.9 Å². The lowest BCUT2D eigenvalue weighted by Gasteiger charge is -2.23. The molecule has 1 aromatic rings. The summed E-state index contributed by atoms with van der Waals surface area (Å²) < 4.78 is 4.78. The van der Waals surface area contributed by atoms with Crippen LogP contribution in [0.4, 0.5) is 0 Å². The lowest BCUT2D eigenvalue weighted by Crippen LogP contribution is -2.29. The van der Waals surface area contributed by atoms with Crippen LogP contribution in [0.3, 0.4) is 0 Å². The first kappa shape index (κ1) is 31.6. The van der Waals surface area contributed by atoms with Gasteiger partial charge in [-0.2, -0.15) is 0 Å². The highest BCUT2D eigenvalue weighted by Gasteiger charge is 2.24. The van der Waals surface area contributed by atoms with Crippen LogP contribution in [0, 0.1) is 0 Å². The maximum absolute atomic E-state index is 12.1.